The normalized spacial score (nSPS) is 19.4. The van der Waals surface area contributed by atoms with Crippen molar-refractivity contribution in [2.24, 2.45) is 5.73 Å². The maximum absolute atomic E-state index is 5.71. The predicted molar refractivity (Wildman–Crippen MR) is 52.8 cm³/mol. The Balaban J connectivity index is 2.12. The van der Waals surface area contributed by atoms with Gasteiger partial charge in [0.15, 0.2) is 5.88 Å². The number of anilines is 1. The molecule has 2 heterocycles. The molecule has 72 valence electrons. The second-order valence-corrected chi connectivity index (χ2v) is 3.66. The topological polar surface area (TPSA) is 42.4 Å². The fourth-order valence-corrected chi connectivity index (χ4v) is 1.69. The van der Waals surface area contributed by atoms with Crippen LogP contribution in [0, 0.1) is 0 Å². The van der Waals surface area contributed by atoms with Gasteiger partial charge in [-0.05, 0) is 25.8 Å². The lowest BCUT2D eigenvalue weighted by atomic mass is 10.3. The summed E-state index contributed by atoms with van der Waals surface area (Å²) in [5, 5.41) is 0. The van der Waals surface area contributed by atoms with Crippen LogP contribution in [-0.2, 0) is 0 Å². The molecule has 2 N–H and O–H groups in total. The van der Waals surface area contributed by atoms with E-state index in [0.29, 0.717) is 0 Å². The zero-order valence-electron chi connectivity index (χ0n) is 7.99. The molecular weight excluding hydrogens is 164 g/mol. The van der Waals surface area contributed by atoms with Crippen LogP contribution in [0.2, 0.25) is 0 Å². The predicted octanol–water partition coefficient (Wildman–Crippen LogP) is 1.90. The van der Waals surface area contributed by atoms with Crippen LogP contribution in [0.3, 0.4) is 0 Å². The lowest BCUT2D eigenvalue weighted by molar-refractivity contribution is 0.477. The Morgan fingerprint density at radius 2 is 2.08 bits per heavy atom. The van der Waals surface area contributed by atoms with Gasteiger partial charge in [0.1, 0.15) is 5.76 Å². The number of nitrogens with zero attached hydrogens (tertiary/aromatic N) is 1. The Kier molecular flexibility index (Phi) is 2.27. The highest BCUT2D eigenvalue weighted by molar-refractivity contribution is 5.37. The van der Waals surface area contributed by atoms with Crippen molar-refractivity contribution in [1.82, 2.24) is 0 Å². The number of hydrogen-bond acceptors (Lipinski definition) is 3. The molecular formula is C10H16N2O. The van der Waals surface area contributed by atoms with Gasteiger partial charge in [-0.15, -0.1) is 0 Å². The number of rotatable bonds is 2. The highest BCUT2D eigenvalue weighted by Crippen LogP contribution is 2.24. The number of furan rings is 1. The molecule has 0 saturated carbocycles. The van der Waals surface area contributed by atoms with Crippen LogP contribution in [0.15, 0.2) is 16.5 Å². The van der Waals surface area contributed by atoms with Gasteiger partial charge in [-0.3, -0.25) is 0 Å². The van der Waals surface area contributed by atoms with Crippen molar-refractivity contribution in [2.75, 3.05) is 18.0 Å². The number of hydrogen-bond donors (Lipinski definition) is 1. The van der Waals surface area contributed by atoms with Crippen molar-refractivity contribution >= 4 is 5.88 Å². The van der Waals surface area contributed by atoms with Gasteiger partial charge < -0.3 is 15.1 Å². The lowest BCUT2D eigenvalue weighted by Gasteiger charge is -2.13. The molecule has 0 aliphatic carbocycles. The molecule has 1 aliphatic rings. The molecule has 0 amide bonds. The quantitative estimate of drug-likeness (QED) is 0.755. The minimum atomic E-state index is -0.00338. The van der Waals surface area contributed by atoms with Crippen LogP contribution < -0.4 is 10.6 Å². The maximum Gasteiger partial charge on any atom is 0.195 e. The molecule has 13 heavy (non-hydrogen) atoms. The van der Waals surface area contributed by atoms with Gasteiger partial charge in [-0.1, -0.05) is 0 Å². The van der Waals surface area contributed by atoms with Crippen molar-refractivity contribution in [3.63, 3.8) is 0 Å². The molecule has 0 spiro atoms. The first-order chi connectivity index (χ1) is 6.27. The molecule has 0 bridgehead atoms. The fraction of sp³-hybridized carbons (Fsp3) is 0.600. The van der Waals surface area contributed by atoms with Crippen LogP contribution in [-0.4, -0.2) is 13.1 Å². The molecule has 1 aromatic heterocycles. The summed E-state index contributed by atoms with van der Waals surface area (Å²) in [7, 11) is 0. The highest BCUT2D eigenvalue weighted by Gasteiger charge is 2.16. The van der Waals surface area contributed by atoms with Crippen molar-refractivity contribution in [1.29, 1.82) is 0 Å². The smallest absolute Gasteiger partial charge is 0.195 e. The molecule has 1 saturated heterocycles. The van der Waals surface area contributed by atoms with E-state index in [4.69, 9.17) is 10.2 Å². The summed E-state index contributed by atoms with van der Waals surface area (Å²) in [5.41, 5.74) is 5.71. The van der Waals surface area contributed by atoms with E-state index in [1.165, 1.54) is 12.8 Å². The highest BCUT2D eigenvalue weighted by atomic mass is 16.4. The standard InChI is InChI=1S/C10H16N2O/c1-8(11)9-4-5-10(13-9)12-6-2-3-7-12/h4-5,8H,2-3,6-7,11H2,1H3. The van der Waals surface area contributed by atoms with Crippen LogP contribution >= 0.6 is 0 Å². The monoisotopic (exact) mass is 180 g/mol. The summed E-state index contributed by atoms with van der Waals surface area (Å²) in [6.45, 7) is 4.17. The Morgan fingerprint density at radius 3 is 2.62 bits per heavy atom. The third-order valence-electron chi connectivity index (χ3n) is 2.48. The maximum atomic E-state index is 5.71. The SMILES string of the molecule is CC(N)c1ccc(N2CCCC2)o1. The van der Waals surface area contributed by atoms with E-state index in [1.807, 2.05) is 19.1 Å². The van der Waals surface area contributed by atoms with E-state index < -0.39 is 0 Å². The fourth-order valence-electron chi connectivity index (χ4n) is 1.69. The largest absolute Gasteiger partial charge is 0.444 e. The minimum absolute atomic E-state index is 0.00338. The van der Waals surface area contributed by atoms with Crippen LogP contribution in [0.25, 0.3) is 0 Å². The van der Waals surface area contributed by atoms with E-state index in [0.717, 1.165) is 24.7 Å². The molecule has 3 nitrogen and oxygen atoms in total. The van der Waals surface area contributed by atoms with E-state index in [-0.39, 0.29) is 6.04 Å². The second kappa shape index (κ2) is 3.42. The first-order valence-corrected chi connectivity index (χ1v) is 4.87. The minimum Gasteiger partial charge on any atom is -0.444 e. The summed E-state index contributed by atoms with van der Waals surface area (Å²) < 4.78 is 5.63. The molecule has 1 aliphatic heterocycles. The number of nitrogens with two attached hydrogens (primary N) is 1. The lowest BCUT2D eigenvalue weighted by Crippen LogP contribution is -2.16. The van der Waals surface area contributed by atoms with Gasteiger partial charge >= 0.3 is 0 Å². The van der Waals surface area contributed by atoms with Crippen molar-refractivity contribution in [2.45, 2.75) is 25.8 Å². The molecule has 1 unspecified atom stereocenters. The first kappa shape index (κ1) is 8.63. The zero-order chi connectivity index (χ0) is 9.26. The average Bonchev–Trinajstić information content (AvgIpc) is 2.75. The third-order valence-corrected chi connectivity index (χ3v) is 2.48. The van der Waals surface area contributed by atoms with Gasteiger partial charge in [0.05, 0.1) is 6.04 Å². The van der Waals surface area contributed by atoms with E-state index in [2.05, 4.69) is 4.90 Å². The Bertz CT molecular complexity index is 274. The first-order valence-electron chi connectivity index (χ1n) is 4.87. The van der Waals surface area contributed by atoms with Crippen LogP contribution in [0.5, 0.6) is 0 Å². The van der Waals surface area contributed by atoms with E-state index in [9.17, 15) is 0 Å². The summed E-state index contributed by atoms with van der Waals surface area (Å²) in [4.78, 5) is 2.27. The van der Waals surface area contributed by atoms with Crippen molar-refractivity contribution in [3.8, 4) is 0 Å². The molecule has 0 aromatic carbocycles. The summed E-state index contributed by atoms with van der Waals surface area (Å²) in [6, 6.07) is 3.99. The van der Waals surface area contributed by atoms with Gasteiger partial charge in [0.2, 0.25) is 0 Å². The summed E-state index contributed by atoms with van der Waals surface area (Å²) in [6.07, 6.45) is 2.54. The van der Waals surface area contributed by atoms with Gasteiger partial charge in [0, 0.05) is 19.2 Å². The van der Waals surface area contributed by atoms with Crippen LogP contribution in [0.4, 0.5) is 5.88 Å². The molecule has 1 aromatic rings. The van der Waals surface area contributed by atoms with Crippen LogP contribution in [0.1, 0.15) is 31.6 Å². The molecule has 1 atom stereocenters. The Morgan fingerprint density at radius 1 is 1.38 bits per heavy atom. The Labute approximate surface area is 78.5 Å². The van der Waals surface area contributed by atoms with E-state index >= 15 is 0 Å². The Hall–Kier alpha value is -0.960. The molecule has 0 radical (unpaired) electrons. The second-order valence-electron chi connectivity index (χ2n) is 3.66. The third kappa shape index (κ3) is 1.70. The van der Waals surface area contributed by atoms with Gasteiger partial charge in [0.25, 0.3) is 0 Å². The van der Waals surface area contributed by atoms with Gasteiger partial charge in [-0.2, -0.15) is 0 Å². The molecule has 1 fully saturated rings. The zero-order valence-corrected chi connectivity index (χ0v) is 7.99. The van der Waals surface area contributed by atoms with E-state index in [1.54, 1.807) is 0 Å². The summed E-state index contributed by atoms with van der Waals surface area (Å²) in [5.74, 6) is 1.85. The molecule has 3 heteroatoms. The van der Waals surface area contributed by atoms with Crippen molar-refractivity contribution in [3.05, 3.63) is 17.9 Å². The van der Waals surface area contributed by atoms with Gasteiger partial charge in [-0.25, -0.2) is 0 Å². The molecule has 2 rings (SSSR count). The average molecular weight is 180 g/mol. The summed E-state index contributed by atoms with van der Waals surface area (Å²) >= 11 is 0. The van der Waals surface area contributed by atoms with Crippen molar-refractivity contribution < 1.29 is 4.42 Å².